The summed E-state index contributed by atoms with van der Waals surface area (Å²) < 4.78 is 23.5. The fourth-order valence-electron chi connectivity index (χ4n) is 0.876. The molecule has 13 heavy (non-hydrogen) atoms. The second kappa shape index (κ2) is 3.61. The lowest BCUT2D eigenvalue weighted by Gasteiger charge is -1.98. The summed E-state index contributed by atoms with van der Waals surface area (Å²) in [6, 6.07) is 2.96. The van der Waals surface area contributed by atoms with E-state index in [-0.39, 0.29) is 4.90 Å². The summed E-state index contributed by atoms with van der Waals surface area (Å²) in [5, 5.41) is 10.4. The van der Waals surface area contributed by atoms with Crippen LogP contribution in [0.3, 0.4) is 0 Å². The van der Waals surface area contributed by atoms with Crippen molar-refractivity contribution in [3.8, 4) is 0 Å². The van der Waals surface area contributed by atoms with Crippen molar-refractivity contribution in [2.75, 3.05) is 6.26 Å². The smallest absolute Gasteiger partial charge is 0.258 e. The van der Waals surface area contributed by atoms with Crippen molar-refractivity contribution in [1.29, 1.82) is 0 Å². The van der Waals surface area contributed by atoms with Crippen LogP contribution in [0.4, 0.5) is 10.1 Å². The zero-order valence-corrected chi connectivity index (χ0v) is 7.51. The van der Waals surface area contributed by atoms with Crippen molar-refractivity contribution in [3.63, 3.8) is 0 Å². The Morgan fingerprint density at radius 2 is 2.15 bits per heavy atom. The van der Waals surface area contributed by atoms with E-state index in [0.29, 0.717) is 0 Å². The minimum Gasteiger partial charge on any atom is -0.258 e. The van der Waals surface area contributed by atoms with Gasteiger partial charge in [0.2, 0.25) is 0 Å². The molecule has 0 heterocycles. The van der Waals surface area contributed by atoms with Crippen molar-refractivity contribution in [1.82, 2.24) is 0 Å². The van der Waals surface area contributed by atoms with Crippen molar-refractivity contribution in [2.45, 2.75) is 4.90 Å². The van der Waals surface area contributed by atoms with Crippen molar-refractivity contribution in [2.24, 2.45) is 0 Å². The average molecular weight is 203 g/mol. The first-order chi connectivity index (χ1) is 6.02. The molecule has 0 radical (unpaired) electrons. The van der Waals surface area contributed by atoms with E-state index < -0.39 is 27.2 Å². The van der Waals surface area contributed by atoms with Crippen LogP contribution in [-0.2, 0) is 10.8 Å². The van der Waals surface area contributed by atoms with E-state index in [4.69, 9.17) is 0 Å². The predicted octanol–water partition coefficient (Wildman–Crippen LogP) is 1.47. The number of hydrogen-bond donors (Lipinski definition) is 0. The Balaban J connectivity index is 3.35. The molecule has 0 N–H and O–H groups in total. The van der Waals surface area contributed by atoms with E-state index in [1.807, 2.05) is 0 Å². The Labute approximate surface area is 76.0 Å². The largest absolute Gasteiger partial charge is 0.288 e. The van der Waals surface area contributed by atoms with Gasteiger partial charge in [0.05, 0.1) is 21.8 Å². The molecular weight excluding hydrogens is 197 g/mol. The Morgan fingerprint density at radius 1 is 1.54 bits per heavy atom. The monoisotopic (exact) mass is 203 g/mol. The van der Waals surface area contributed by atoms with Crippen LogP contribution < -0.4 is 0 Å². The quantitative estimate of drug-likeness (QED) is 0.540. The van der Waals surface area contributed by atoms with Gasteiger partial charge in [0, 0.05) is 6.26 Å². The van der Waals surface area contributed by atoms with Crippen LogP contribution >= 0.6 is 0 Å². The van der Waals surface area contributed by atoms with Crippen molar-refractivity contribution >= 4 is 16.5 Å². The molecule has 70 valence electrons. The molecule has 1 aromatic rings. The van der Waals surface area contributed by atoms with E-state index in [1.54, 1.807) is 0 Å². The number of rotatable bonds is 2. The van der Waals surface area contributed by atoms with E-state index in [9.17, 15) is 18.7 Å². The number of nitrogens with zero attached hydrogens (tertiary/aromatic N) is 1. The summed E-state index contributed by atoms with van der Waals surface area (Å²) >= 11 is 0. The third-order valence-corrected chi connectivity index (χ3v) is 2.39. The zero-order chi connectivity index (χ0) is 10.0. The normalized spacial score (nSPS) is 12.5. The number of benzene rings is 1. The van der Waals surface area contributed by atoms with Gasteiger partial charge in [0.15, 0.2) is 0 Å². The van der Waals surface area contributed by atoms with Crippen molar-refractivity contribution in [3.05, 3.63) is 34.1 Å². The maximum atomic E-state index is 12.6. The molecule has 0 bridgehead atoms. The summed E-state index contributed by atoms with van der Waals surface area (Å²) in [7, 11) is -1.48. The highest BCUT2D eigenvalue weighted by atomic mass is 32.2. The van der Waals surface area contributed by atoms with Gasteiger partial charge in [0.1, 0.15) is 10.7 Å². The highest BCUT2D eigenvalue weighted by Gasteiger charge is 2.16. The number of halogens is 1. The second-order valence-electron chi connectivity index (χ2n) is 2.32. The van der Waals surface area contributed by atoms with Crippen molar-refractivity contribution < 1.29 is 13.5 Å². The van der Waals surface area contributed by atoms with Gasteiger partial charge in [-0.3, -0.25) is 14.3 Å². The first-order valence-electron chi connectivity index (χ1n) is 3.29. The van der Waals surface area contributed by atoms with Gasteiger partial charge in [-0.25, -0.2) is 4.39 Å². The standard InChI is InChI=1S/C7H6FNO3S/c1-13(12)7-3-2-5(8)4-6(7)9(10)11/h2-4H,1H3. The third-order valence-electron chi connectivity index (χ3n) is 1.43. The molecular formula is C7H6FNO3S. The Bertz CT molecular complexity index is 380. The number of nitro groups is 1. The molecule has 0 aliphatic carbocycles. The fraction of sp³-hybridized carbons (Fsp3) is 0.143. The van der Waals surface area contributed by atoms with Crippen LogP contribution in [0.15, 0.2) is 23.1 Å². The lowest BCUT2D eigenvalue weighted by molar-refractivity contribution is -0.388. The van der Waals surface area contributed by atoms with Gasteiger partial charge in [0.25, 0.3) is 5.69 Å². The molecule has 4 nitrogen and oxygen atoms in total. The molecule has 0 amide bonds. The second-order valence-corrected chi connectivity index (χ2v) is 3.67. The molecule has 0 aliphatic rings. The maximum Gasteiger partial charge on any atom is 0.288 e. The lowest BCUT2D eigenvalue weighted by atomic mass is 10.3. The van der Waals surface area contributed by atoms with Gasteiger partial charge >= 0.3 is 0 Å². The summed E-state index contributed by atoms with van der Waals surface area (Å²) in [6.07, 6.45) is 1.31. The predicted molar refractivity (Wildman–Crippen MR) is 45.4 cm³/mol. The molecule has 0 aromatic heterocycles. The maximum absolute atomic E-state index is 12.6. The zero-order valence-electron chi connectivity index (χ0n) is 6.69. The van der Waals surface area contributed by atoms with Gasteiger partial charge in [-0.05, 0) is 12.1 Å². The molecule has 1 rings (SSSR count). The SMILES string of the molecule is CS(=O)c1ccc(F)cc1[N+](=O)[O-]. The first kappa shape index (κ1) is 9.79. The third kappa shape index (κ3) is 2.09. The van der Waals surface area contributed by atoms with E-state index in [2.05, 4.69) is 0 Å². The Hall–Kier alpha value is -1.30. The molecule has 0 fully saturated rings. The Kier molecular flexibility index (Phi) is 2.72. The van der Waals surface area contributed by atoms with Gasteiger partial charge in [-0.15, -0.1) is 0 Å². The van der Waals surface area contributed by atoms with Gasteiger partial charge < -0.3 is 0 Å². The molecule has 0 aliphatic heterocycles. The van der Waals surface area contributed by atoms with Crippen LogP contribution in [0, 0.1) is 15.9 Å². The van der Waals surface area contributed by atoms with Gasteiger partial charge in [-0.2, -0.15) is 0 Å². The number of hydrogen-bond acceptors (Lipinski definition) is 3. The van der Waals surface area contributed by atoms with Crippen LogP contribution in [-0.4, -0.2) is 15.4 Å². The van der Waals surface area contributed by atoms with E-state index in [0.717, 1.165) is 18.2 Å². The average Bonchev–Trinajstić information content (AvgIpc) is 2.03. The van der Waals surface area contributed by atoms with E-state index in [1.165, 1.54) is 6.26 Å². The van der Waals surface area contributed by atoms with Crippen LogP contribution in [0.2, 0.25) is 0 Å². The molecule has 6 heteroatoms. The first-order valence-corrected chi connectivity index (χ1v) is 4.85. The van der Waals surface area contributed by atoms with Crippen LogP contribution in [0.5, 0.6) is 0 Å². The number of nitro benzene ring substituents is 1. The minimum atomic E-state index is -1.48. The van der Waals surface area contributed by atoms with Crippen LogP contribution in [0.25, 0.3) is 0 Å². The highest BCUT2D eigenvalue weighted by molar-refractivity contribution is 7.84. The van der Waals surface area contributed by atoms with Gasteiger partial charge in [-0.1, -0.05) is 0 Å². The topological polar surface area (TPSA) is 60.2 Å². The summed E-state index contributed by atoms with van der Waals surface area (Å²) in [5.74, 6) is -0.707. The fourth-order valence-corrected chi connectivity index (χ4v) is 1.56. The molecule has 1 unspecified atom stereocenters. The summed E-state index contributed by atoms with van der Waals surface area (Å²) in [5.41, 5.74) is -0.444. The Morgan fingerprint density at radius 3 is 2.62 bits per heavy atom. The molecule has 0 saturated heterocycles. The molecule has 0 spiro atoms. The molecule has 0 saturated carbocycles. The molecule has 1 aromatic carbocycles. The van der Waals surface area contributed by atoms with Crippen LogP contribution in [0.1, 0.15) is 0 Å². The lowest BCUT2D eigenvalue weighted by Crippen LogP contribution is -1.97. The summed E-state index contributed by atoms with van der Waals surface area (Å²) in [6.45, 7) is 0. The highest BCUT2D eigenvalue weighted by Crippen LogP contribution is 2.22. The minimum absolute atomic E-state index is 0.0337. The molecule has 1 atom stereocenters. The van der Waals surface area contributed by atoms with E-state index >= 15 is 0 Å². The summed E-state index contributed by atoms with van der Waals surface area (Å²) in [4.78, 5) is 9.67.